The molecular formula is C14H27NO2. The molecule has 0 aromatic rings. The van der Waals surface area contributed by atoms with Crippen LogP contribution in [-0.4, -0.2) is 25.7 Å². The van der Waals surface area contributed by atoms with Crippen molar-refractivity contribution in [3.63, 3.8) is 0 Å². The largest absolute Gasteiger partial charge is 0.466 e. The first-order valence-electron chi connectivity index (χ1n) is 7.19. The van der Waals surface area contributed by atoms with Gasteiger partial charge in [0, 0.05) is 6.42 Å². The first kappa shape index (κ1) is 14.5. The molecule has 100 valence electrons. The molecule has 3 heteroatoms. The molecule has 1 fully saturated rings. The fourth-order valence-electron chi connectivity index (χ4n) is 2.27. The van der Waals surface area contributed by atoms with Crippen LogP contribution in [0.4, 0.5) is 0 Å². The lowest BCUT2D eigenvalue weighted by atomic mass is 9.95. The molecule has 1 aliphatic rings. The second-order valence-corrected chi connectivity index (χ2v) is 5.03. The third-order valence-corrected chi connectivity index (χ3v) is 3.43. The summed E-state index contributed by atoms with van der Waals surface area (Å²) in [5, 5.41) is 3.31. The monoisotopic (exact) mass is 241 g/mol. The van der Waals surface area contributed by atoms with Gasteiger partial charge in [-0.2, -0.15) is 0 Å². The molecule has 1 rings (SSSR count). The van der Waals surface area contributed by atoms with E-state index in [4.69, 9.17) is 4.74 Å². The number of hydrogen-bond donors (Lipinski definition) is 1. The van der Waals surface area contributed by atoms with Crippen LogP contribution in [0.3, 0.4) is 0 Å². The van der Waals surface area contributed by atoms with E-state index < -0.39 is 0 Å². The van der Waals surface area contributed by atoms with Gasteiger partial charge in [-0.05, 0) is 38.3 Å². The predicted octanol–water partition coefficient (Wildman–Crippen LogP) is 2.89. The van der Waals surface area contributed by atoms with Crippen LogP contribution >= 0.6 is 0 Å². The summed E-state index contributed by atoms with van der Waals surface area (Å²) in [6.07, 6.45) is 8.89. The van der Waals surface area contributed by atoms with E-state index in [1.54, 1.807) is 0 Å². The Balaban J connectivity index is 1.93. The van der Waals surface area contributed by atoms with Gasteiger partial charge < -0.3 is 10.1 Å². The van der Waals surface area contributed by atoms with Crippen molar-refractivity contribution in [2.24, 2.45) is 5.92 Å². The van der Waals surface area contributed by atoms with Gasteiger partial charge in [-0.15, -0.1) is 0 Å². The van der Waals surface area contributed by atoms with E-state index in [1.165, 1.54) is 25.7 Å². The van der Waals surface area contributed by atoms with Gasteiger partial charge in [0.15, 0.2) is 0 Å². The molecule has 0 atom stereocenters. The Labute approximate surface area is 105 Å². The lowest BCUT2D eigenvalue weighted by Gasteiger charge is -2.21. The van der Waals surface area contributed by atoms with Crippen LogP contribution in [0.1, 0.15) is 58.3 Å². The molecule has 0 aromatic heterocycles. The quantitative estimate of drug-likeness (QED) is 0.524. The molecule has 3 nitrogen and oxygen atoms in total. The van der Waals surface area contributed by atoms with E-state index in [0.29, 0.717) is 18.9 Å². The van der Waals surface area contributed by atoms with Crippen LogP contribution in [-0.2, 0) is 9.53 Å². The van der Waals surface area contributed by atoms with Crippen molar-refractivity contribution in [1.29, 1.82) is 0 Å². The first-order valence-corrected chi connectivity index (χ1v) is 7.19. The molecule has 0 saturated carbocycles. The Bertz CT molecular complexity index is 200. The molecule has 0 radical (unpaired) electrons. The number of ether oxygens (including phenoxy) is 1. The van der Waals surface area contributed by atoms with Gasteiger partial charge in [-0.1, -0.05) is 32.6 Å². The average Bonchev–Trinajstić information content (AvgIpc) is 2.35. The summed E-state index contributed by atoms with van der Waals surface area (Å²) in [6.45, 7) is 4.93. The maximum atomic E-state index is 11.6. The summed E-state index contributed by atoms with van der Waals surface area (Å²) >= 11 is 0. The zero-order valence-electron chi connectivity index (χ0n) is 11.2. The lowest BCUT2D eigenvalue weighted by molar-refractivity contribution is -0.145. The van der Waals surface area contributed by atoms with Crippen molar-refractivity contribution in [1.82, 2.24) is 5.32 Å². The highest BCUT2D eigenvalue weighted by Gasteiger charge is 2.17. The third-order valence-electron chi connectivity index (χ3n) is 3.43. The minimum atomic E-state index is 0.00684. The van der Waals surface area contributed by atoms with Gasteiger partial charge in [-0.3, -0.25) is 4.79 Å². The van der Waals surface area contributed by atoms with Gasteiger partial charge in [0.25, 0.3) is 0 Å². The second kappa shape index (κ2) is 9.46. The van der Waals surface area contributed by atoms with E-state index in [9.17, 15) is 4.79 Å². The molecule has 17 heavy (non-hydrogen) atoms. The molecule has 1 saturated heterocycles. The van der Waals surface area contributed by atoms with Crippen molar-refractivity contribution in [3.8, 4) is 0 Å². The van der Waals surface area contributed by atoms with E-state index >= 15 is 0 Å². The molecule has 0 spiro atoms. The number of rotatable bonds is 8. The molecule has 0 unspecified atom stereocenters. The molecular weight excluding hydrogens is 214 g/mol. The molecule has 0 aromatic carbocycles. The first-order chi connectivity index (χ1) is 8.33. The maximum absolute atomic E-state index is 11.6. The van der Waals surface area contributed by atoms with Gasteiger partial charge >= 0.3 is 5.97 Å². The van der Waals surface area contributed by atoms with E-state index in [-0.39, 0.29) is 5.97 Å². The Morgan fingerprint density at radius 3 is 2.59 bits per heavy atom. The summed E-state index contributed by atoms with van der Waals surface area (Å²) in [5.41, 5.74) is 0. The van der Waals surface area contributed by atoms with Crippen LogP contribution in [0.25, 0.3) is 0 Å². The van der Waals surface area contributed by atoms with Crippen molar-refractivity contribution >= 4 is 5.97 Å². The van der Waals surface area contributed by atoms with Gasteiger partial charge in [-0.25, -0.2) is 0 Å². The molecule has 0 amide bonds. The molecule has 0 bridgehead atoms. The number of piperidine rings is 1. The summed E-state index contributed by atoms with van der Waals surface area (Å²) in [4.78, 5) is 11.6. The topological polar surface area (TPSA) is 38.3 Å². The maximum Gasteiger partial charge on any atom is 0.306 e. The van der Waals surface area contributed by atoms with Gasteiger partial charge in [0.1, 0.15) is 0 Å². The number of carbonyl (C=O) groups excluding carboxylic acids is 1. The summed E-state index contributed by atoms with van der Waals surface area (Å²) < 4.78 is 5.27. The van der Waals surface area contributed by atoms with E-state index in [0.717, 1.165) is 32.4 Å². The molecule has 1 N–H and O–H groups in total. The summed E-state index contributed by atoms with van der Waals surface area (Å²) in [6, 6.07) is 0. The third kappa shape index (κ3) is 7.37. The predicted molar refractivity (Wildman–Crippen MR) is 69.9 cm³/mol. The average molecular weight is 241 g/mol. The Hall–Kier alpha value is -0.570. The summed E-state index contributed by atoms with van der Waals surface area (Å²) in [5.74, 6) is 0.552. The number of hydrogen-bond acceptors (Lipinski definition) is 3. The number of unbranched alkanes of at least 4 members (excludes halogenated alkanes) is 4. The molecule has 1 heterocycles. The SMILES string of the molecule is CCCCCCCOC(=O)CC1CCNCC1. The highest BCUT2D eigenvalue weighted by atomic mass is 16.5. The number of esters is 1. The van der Waals surface area contributed by atoms with Crippen LogP contribution in [0.5, 0.6) is 0 Å². The summed E-state index contributed by atoms with van der Waals surface area (Å²) in [7, 11) is 0. The zero-order chi connectivity index (χ0) is 12.3. The minimum Gasteiger partial charge on any atom is -0.466 e. The second-order valence-electron chi connectivity index (χ2n) is 5.03. The highest BCUT2D eigenvalue weighted by molar-refractivity contribution is 5.69. The smallest absolute Gasteiger partial charge is 0.306 e. The fraction of sp³-hybridized carbons (Fsp3) is 0.929. The van der Waals surface area contributed by atoms with E-state index in [2.05, 4.69) is 12.2 Å². The lowest BCUT2D eigenvalue weighted by Crippen LogP contribution is -2.29. The van der Waals surface area contributed by atoms with Crippen molar-refractivity contribution in [2.75, 3.05) is 19.7 Å². The normalized spacial score (nSPS) is 17.0. The standard InChI is InChI=1S/C14H27NO2/c1-2-3-4-5-6-11-17-14(16)12-13-7-9-15-10-8-13/h13,15H,2-12H2,1H3. The van der Waals surface area contributed by atoms with Crippen molar-refractivity contribution in [3.05, 3.63) is 0 Å². The van der Waals surface area contributed by atoms with E-state index in [1.807, 2.05) is 0 Å². The number of nitrogens with one attached hydrogen (secondary N) is 1. The minimum absolute atomic E-state index is 0.00684. The Morgan fingerprint density at radius 1 is 1.18 bits per heavy atom. The molecule has 1 aliphatic heterocycles. The van der Waals surface area contributed by atoms with Crippen molar-refractivity contribution in [2.45, 2.75) is 58.3 Å². The van der Waals surface area contributed by atoms with Gasteiger partial charge in [0.2, 0.25) is 0 Å². The van der Waals surface area contributed by atoms with Crippen LogP contribution in [0.2, 0.25) is 0 Å². The van der Waals surface area contributed by atoms with Crippen LogP contribution in [0.15, 0.2) is 0 Å². The Kier molecular flexibility index (Phi) is 8.06. The molecule has 0 aliphatic carbocycles. The van der Waals surface area contributed by atoms with Gasteiger partial charge in [0.05, 0.1) is 6.61 Å². The highest BCUT2D eigenvalue weighted by Crippen LogP contribution is 2.16. The van der Waals surface area contributed by atoms with Crippen LogP contribution < -0.4 is 5.32 Å². The number of carbonyl (C=O) groups is 1. The zero-order valence-corrected chi connectivity index (χ0v) is 11.2. The van der Waals surface area contributed by atoms with Crippen LogP contribution in [0, 0.1) is 5.92 Å². The fourth-order valence-corrected chi connectivity index (χ4v) is 2.27. The Morgan fingerprint density at radius 2 is 1.88 bits per heavy atom. The van der Waals surface area contributed by atoms with Crippen molar-refractivity contribution < 1.29 is 9.53 Å².